The van der Waals surface area contributed by atoms with Crippen molar-refractivity contribution in [3.05, 3.63) is 28.7 Å². The zero-order chi connectivity index (χ0) is 13.7. The van der Waals surface area contributed by atoms with E-state index in [-0.39, 0.29) is 18.7 Å². The summed E-state index contributed by atoms with van der Waals surface area (Å²) in [6.07, 6.45) is 3.86. The Morgan fingerprint density at radius 2 is 1.84 bits per heavy atom. The first kappa shape index (κ1) is 14.3. The van der Waals surface area contributed by atoms with E-state index in [1.807, 2.05) is 24.3 Å². The van der Waals surface area contributed by atoms with E-state index in [1.54, 1.807) is 0 Å². The van der Waals surface area contributed by atoms with E-state index in [0.717, 1.165) is 35.8 Å². The monoisotopic (exact) mass is 326 g/mol. The Morgan fingerprint density at radius 1 is 1.21 bits per heavy atom. The number of urea groups is 1. The van der Waals surface area contributed by atoms with Crippen LogP contribution in [0.1, 0.15) is 25.7 Å². The number of anilines is 1. The summed E-state index contributed by atoms with van der Waals surface area (Å²) < 4.78 is 0.987. The van der Waals surface area contributed by atoms with E-state index in [0.29, 0.717) is 5.92 Å². The number of hydrogen-bond acceptors (Lipinski definition) is 2. The highest BCUT2D eigenvalue weighted by Gasteiger charge is 2.21. The smallest absolute Gasteiger partial charge is 0.319 e. The van der Waals surface area contributed by atoms with Crippen LogP contribution in [-0.4, -0.2) is 23.8 Å². The van der Waals surface area contributed by atoms with Crippen molar-refractivity contribution in [1.82, 2.24) is 5.32 Å². The van der Waals surface area contributed by atoms with E-state index in [4.69, 9.17) is 5.11 Å². The second-order valence-corrected chi connectivity index (χ2v) is 5.92. The molecule has 0 aromatic heterocycles. The van der Waals surface area contributed by atoms with Crippen LogP contribution in [0, 0.1) is 5.92 Å². The molecule has 2 amide bonds. The number of carbonyl (C=O) groups excluding carboxylic acids is 1. The first-order valence-electron chi connectivity index (χ1n) is 6.61. The van der Waals surface area contributed by atoms with Crippen LogP contribution in [0.2, 0.25) is 0 Å². The molecule has 0 bridgehead atoms. The molecule has 0 spiro atoms. The molecule has 0 atom stereocenters. The highest BCUT2D eigenvalue weighted by molar-refractivity contribution is 9.10. The minimum Gasteiger partial charge on any atom is -0.396 e. The average Bonchev–Trinajstić information content (AvgIpc) is 2.42. The Kier molecular flexibility index (Phi) is 5.22. The number of aliphatic hydroxyl groups is 1. The fourth-order valence-corrected chi connectivity index (χ4v) is 2.64. The largest absolute Gasteiger partial charge is 0.396 e. The van der Waals surface area contributed by atoms with Crippen LogP contribution in [0.4, 0.5) is 10.5 Å². The number of carbonyl (C=O) groups is 1. The number of benzene rings is 1. The minimum absolute atomic E-state index is 0.158. The maximum absolute atomic E-state index is 11.8. The molecule has 0 radical (unpaired) electrons. The van der Waals surface area contributed by atoms with Crippen molar-refractivity contribution < 1.29 is 9.90 Å². The van der Waals surface area contributed by atoms with Gasteiger partial charge in [-0.25, -0.2) is 4.79 Å². The molecule has 1 aliphatic carbocycles. The molecule has 1 saturated carbocycles. The lowest BCUT2D eigenvalue weighted by Gasteiger charge is -2.27. The van der Waals surface area contributed by atoms with Crippen LogP contribution in [-0.2, 0) is 0 Å². The van der Waals surface area contributed by atoms with Gasteiger partial charge in [0.25, 0.3) is 0 Å². The Bertz CT molecular complexity index is 414. The fourth-order valence-electron chi connectivity index (χ4n) is 2.38. The Hall–Kier alpha value is -1.07. The molecule has 2 rings (SSSR count). The van der Waals surface area contributed by atoms with Crippen LogP contribution in [0.5, 0.6) is 0 Å². The number of hydrogen-bond donors (Lipinski definition) is 3. The summed E-state index contributed by atoms with van der Waals surface area (Å²) in [6.45, 7) is 0.262. The Morgan fingerprint density at radius 3 is 2.42 bits per heavy atom. The number of rotatable bonds is 3. The van der Waals surface area contributed by atoms with Gasteiger partial charge in [0.2, 0.25) is 0 Å². The minimum atomic E-state index is -0.158. The van der Waals surface area contributed by atoms with Crippen molar-refractivity contribution in [3.8, 4) is 0 Å². The van der Waals surface area contributed by atoms with Crippen molar-refractivity contribution in [2.24, 2.45) is 5.92 Å². The van der Waals surface area contributed by atoms with Gasteiger partial charge in [0.05, 0.1) is 0 Å². The average molecular weight is 327 g/mol. The lowest BCUT2D eigenvalue weighted by atomic mass is 9.87. The molecule has 3 N–H and O–H groups in total. The van der Waals surface area contributed by atoms with Gasteiger partial charge in [0.15, 0.2) is 0 Å². The number of amides is 2. The third-order valence-corrected chi connectivity index (χ3v) is 4.07. The van der Waals surface area contributed by atoms with Crippen molar-refractivity contribution >= 4 is 27.6 Å². The molecule has 0 unspecified atom stereocenters. The van der Waals surface area contributed by atoms with Gasteiger partial charge in [0, 0.05) is 22.8 Å². The Labute approximate surface area is 121 Å². The molecular weight excluding hydrogens is 308 g/mol. The summed E-state index contributed by atoms with van der Waals surface area (Å²) in [6, 6.07) is 7.55. The first-order valence-corrected chi connectivity index (χ1v) is 7.40. The van der Waals surface area contributed by atoms with Crippen LogP contribution in [0.25, 0.3) is 0 Å². The quantitative estimate of drug-likeness (QED) is 0.799. The highest BCUT2D eigenvalue weighted by atomic mass is 79.9. The predicted molar refractivity (Wildman–Crippen MR) is 79.1 cm³/mol. The van der Waals surface area contributed by atoms with Gasteiger partial charge in [-0.3, -0.25) is 0 Å². The zero-order valence-corrected chi connectivity index (χ0v) is 12.3. The summed E-state index contributed by atoms with van der Waals surface area (Å²) in [5.74, 6) is 0.410. The Balaban J connectivity index is 1.77. The van der Waals surface area contributed by atoms with Gasteiger partial charge in [-0.1, -0.05) is 15.9 Å². The molecule has 5 heteroatoms. The van der Waals surface area contributed by atoms with Gasteiger partial charge in [0.1, 0.15) is 0 Å². The van der Waals surface area contributed by atoms with Crippen LogP contribution in [0.3, 0.4) is 0 Å². The van der Waals surface area contributed by atoms with Gasteiger partial charge in [-0.2, -0.15) is 0 Å². The van der Waals surface area contributed by atoms with Crippen LogP contribution < -0.4 is 10.6 Å². The van der Waals surface area contributed by atoms with Gasteiger partial charge in [-0.15, -0.1) is 0 Å². The normalized spacial score (nSPS) is 22.8. The summed E-state index contributed by atoms with van der Waals surface area (Å²) in [5.41, 5.74) is 0.782. The molecule has 1 aromatic rings. The molecule has 0 heterocycles. The standard InChI is InChI=1S/C14H19BrN2O2/c15-11-3-7-13(8-4-11)17-14(19)16-12-5-1-10(9-18)2-6-12/h3-4,7-8,10,12,18H,1-2,5-6,9H2,(H2,16,17,19). The predicted octanol–water partition coefficient (Wildman–Crippen LogP) is 3.12. The van der Waals surface area contributed by atoms with E-state index in [9.17, 15) is 4.79 Å². The van der Waals surface area contributed by atoms with E-state index in [2.05, 4.69) is 26.6 Å². The van der Waals surface area contributed by atoms with E-state index >= 15 is 0 Å². The molecule has 4 nitrogen and oxygen atoms in total. The molecule has 1 fully saturated rings. The molecule has 0 aliphatic heterocycles. The molecule has 1 aliphatic rings. The van der Waals surface area contributed by atoms with Crippen molar-refractivity contribution in [2.45, 2.75) is 31.7 Å². The summed E-state index contributed by atoms with van der Waals surface area (Å²) in [4.78, 5) is 11.8. The molecule has 0 saturated heterocycles. The van der Waals surface area contributed by atoms with Gasteiger partial charge in [-0.05, 0) is 55.9 Å². The third-order valence-electron chi connectivity index (χ3n) is 3.54. The second-order valence-electron chi connectivity index (χ2n) is 5.01. The number of halogens is 1. The number of aliphatic hydroxyl groups excluding tert-OH is 1. The van der Waals surface area contributed by atoms with Gasteiger partial charge >= 0.3 is 6.03 Å². The first-order chi connectivity index (χ1) is 9.17. The maximum Gasteiger partial charge on any atom is 0.319 e. The summed E-state index contributed by atoms with van der Waals surface area (Å²) in [5, 5.41) is 14.9. The van der Waals surface area contributed by atoms with Crippen LogP contribution >= 0.6 is 15.9 Å². The number of nitrogens with one attached hydrogen (secondary N) is 2. The third kappa shape index (κ3) is 4.51. The van der Waals surface area contributed by atoms with Crippen molar-refractivity contribution in [1.29, 1.82) is 0 Å². The van der Waals surface area contributed by atoms with Crippen LogP contribution in [0.15, 0.2) is 28.7 Å². The van der Waals surface area contributed by atoms with E-state index in [1.165, 1.54) is 0 Å². The van der Waals surface area contributed by atoms with Crippen molar-refractivity contribution in [3.63, 3.8) is 0 Å². The highest BCUT2D eigenvalue weighted by Crippen LogP contribution is 2.23. The summed E-state index contributed by atoms with van der Waals surface area (Å²) >= 11 is 3.35. The fraction of sp³-hybridized carbons (Fsp3) is 0.500. The molecule has 1 aromatic carbocycles. The summed E-state index contributed by atoms with van der Waals surface area (Å²) in [7, 11) is 0. The topological polar surface area (TPSA) is 61.4 Å². The van der Waals surface area contributed by atoms with Crippen molar-refractivity contribution in [2.75, 3.05) is 11.9 Å². The molecule has 19 heavy (non-hydrogen) atoms. The SMILES string of the molecule is O=C(Nc1ccc(Br)cc1)NC1CCC(CO)CC1. The molecular formula is C14H19BrN2O2. The zero-order valence-electron chi connectivity index (χ0n) is 10.7. The van der Waals surface area contributed by atoms with E-state index < -0.39 is 0 Å². The second kappa shape index (κ2) is 6.91. The van der Waals surface area contributed by atoms with Gasteiger partial charge < -0.3 is 15.7 Å². The maximum atomic E-state index is 11.8. The lowest BCUT2D eigenvalue weighted by molar-refractivity contribution is 0.176. The lowest BCUT2D eigenvalue weighted by Crippen LogP contribution is -2.40. The molecule has 104 valence electrons.